The van der Waals surface area contributed by atoms with E-state index in [1.54, 1.807) is 12.1 Å². The van der Waals surface area contributed by atoms with Crippen LogP contribution in [-0.4, -0.2) is 16.3 Å². The van der Waals surface area contributed by atoms with Gasteiger partial charge in [0.25, 0.3) is 0 Å². The molecule has 112 valence electrons. The lowest BCUT2D eigenvalue weighted by Crippen LogP contribution is -2.42. The fraction of sp³-hybridized carbons (Fsp3) is 0.647. The van der Waals surface area contributed by atoms with Crippen LogP contribution in [-0.2, 0) is 6.54 Å². The molecule has 1 aliphatic rings. The van der Waals surface area contributed by atoms with Gasteiger partial charge in [-0.2, -0.15) is 0 Å². The Bertz CT molecular complexity index is 445. The van der Waals surface area contributed by atoms with Gasteiger partial charge in [-0.3, -0.25) is 0 Å². The molecule has 0 saturated heterocycles. The molecule has 1 fully saturated rings. The van der Waals surface area contributed by atoms with Gasteiger partial charge >= 0.3 is 0 Å². The second kappa shape index (κ2) is 6.49. The van der Waals surface area contributed by atoms with Gasteiger partial charge in [-0.05, 0) is 48.3 Å². The Balaban J connectivity index is 1.98. The van der Waals surface area contributed by atoms with Crippen LogP contribution in [0.5, 0.6) is 11.5 Å². The van der Waals surface area contributed by atoms with E-state index in [4.69, 9.17) is 0 Å². The van der Waals surface area contributed by atoms with Gasteiger partial charge in [-0.1, -0.05) is 33.3 Å². The molecular formula is C17H27NO2. The Kier molecular flexibility index (Phi) is 4.92. The molecule has 20 heavy (non-hydrogen) atoms. The van der Waals surface area contributed by atoms with Gasteiger partial charge in [0.2, 0.25) is 0 Å². The first-order valence-electron chi connectivity index (χ1n) is 7.71. The average molecular weight is 277 g/mol. The normalized spacial score (nSPS) is 26.9. The first kappa shape index (κ1) is 15.2. The van der Waals surface area contributed by atoms with Crippen LogP contribution in [0, 0.1) is 17.8 Å². The van der Waals surface area contributed by atoms with Gasteiger partial charge < -0.3 is 15.5 Å². The topological polar surface area (TPSA) is 52.5 Å². The molecule has 3 unspecified atom stereocenters. The Morgan fingerprint density at radius 2 is 1.95 bits per heavy atom. The Morgan fingerprint density at radius 1 is 1.20 bits per heavy atom. The Hall–Kier alpha value is -1.22. The summed E-state index contributed by atoms with van der Waals surface area (Å²) in [6.45, 7) is 7.69. The SMILES string of the molecule is CC1CCC(C(C)C)C(NCc2ccc(O)c(O)c2)C1. The first-order chi connectivity index (χ1) is 9.47. The molecule has 3 atom stereocenters. The van der Waals surface area contributed by atoms with Crippen molar-refractivity contribution < 1.29 is 10.2 Å². The van der Waals surface area contributed by atoms with E-state index in [2.05, 4.69) is 26.1 Å². The van der Waals surface area contributed by atoms with Crippen molar-refractivity contribution in [2.75, 3.05) is 0 Å². The van der Waals surface area contributed by atoms with E-state index in [1.165, 1.54) is 19.3 Å². The zero-order chi connectivity index (χ0) is 14.7. The van der Waals surface area contributed by atoms with Gasteiger partial charge in [-0.25, -0.2) is 0 Å². The van der Waals surface area contributed by atoms with Crippen LogP contribution in [0.4, 0.5) is 0 Å². The van der Waals surface area contributed by atoms with Crippen LogP contribution in [0.3, 0.4) is 0 Å². The van der Waals surface area contributed by atoms with E-state index < -0.39 is 0 Å². The maximum Gasteiger partial charge on any atom is 0.157 e. The average Bonchev–Trinajstić information content (AvgIpc) is 2.40. The maximum atomic E-state index is 9.54. The number of rotatable bonds is 4. The summed E-state index contributed by atoms with van der Waals surface area (Å²) in [6.07, 6.45) is 3.87. The van der Waals surface area contributed by atoms with Gasteiger partial charge in [0.05, 0.1) is 0 Å². The summed E-state index contributed by atoms with van der Waals surface area (Å²) >= 11 is 0. The highest BCUT2D eigenvalue weighted by atomic mass is 16.3. The minimum atomic E-state index is -0.0555. The number of phenolic OH excluding ortho intramolecular Hbond substituents is 2. The van der Waals surface area contributed by atoms with Crippen molar-refractivity contribution in [1.29, 1.82) is 0 Å². The van der Waals surface area contributed by atoms with E-state index in [9.17, 15) is 10.2 Å². The van der Waals surface area contributed by atoms with E-state index in [1.807, 2.05) is 6.07 Å². The third kappa shape index (κ3) is 3.66. The number of hydrogen-bond donors (Lipinski definition) is 3. The number of phenols is 2. The fourth-order valence-electron chi connectivity index (χ4n) is 3.36. The van der Waals surface area contributed by atoms with Crippen LogP contribution in [0.1, 0.15) is 45.6 Å². The van der Waals surface area contributed by atoms with Crippen LogP contribution < -0.4 is 5.32 Å². The minimum Gasteiger partial charge on any atom is -0.504 e. The second-order valence-electron chi connectivity index (χ2n) is 6.64. The molecule has 3 nitrogen and oxygen atoms in total. The third-order valence-corrected chi connectivity index (χ3v) is 4.63. The lowest BCUT2D eigenvalue weighted by molar-refractivity contribution is 0.169. The molecule has 0 aliphatic heterocycles. The summed E-state index contributed by atoms with van der Waals surface area (Å²) in [5, 5.41) is 22.5. The third-order valence-electron chi connectivity index (χ3n) is 4.63. The molecule has 3 heteroatoms. The molecule has 1 aromatic rings. The zero-order valence-electron chi connectivity index (χ0n) is 12.8. The highest BCUT2D eigenvalue weighted by molar-refractivity contribution is 5.40. The maximum absolute atomic E-state index is 9.54. The fourth-order valence-corrected chi connectivity index (χ4v) is 3.36. The van der Waals surface area contributed by atoms with Crippen LogP contribution in [0.2, 0.25) is 0 Å². The van der Waals surface area contributed by atoms with Gasteiger partial charge in [0, 0.05) is 12.6 Å². The Labute approximate surface area is 122 Å². The molecule has 1 aliphatic carbocycles. The predicted molar refractivity (Wildman–Crippen MR) is 81.7 cm³/mol. The van der Waals surface area contributed by atoms with Gasteiger partial charge in [0.1, 0.15) is 0 Å². The van der Waals surface area contributed by atoms with Crippen molar-refractivity contribution >= 4 is 0 Å². The van der Waals surface area contributed by atoms with Crippen molar-refractivity contribution in [3.63, 3.8) is 0 Å². The van der Waals surface area contributed by atoms with Crippen molar-refractivity contribution in [1.82, 2.24) is 5.32 Å². The monoisotopic (exact) mass is 277 g/mol. The predicted octanol–water partition coefficient (Wildman–Crippen LogP) is 3.65. The summed E-state index contributed by atoms with van der Waals surface area (Å²) in [4.78, 5) is 0. The molecular weight excluding hydrogens is 250 g/mol. The highest BCUT2D eigenvalue weighted by Gasteiger charge is 2.30. The van der Waals surface area contributed by atoms with Crippen molar-refractivity contribution in [2.24, 2.45) is 17.8 Å². The minimum absolute atomic E-state index is 0.0401. The largest absolute Gasteiger partial charge is 0.504 e. The molecule has 0 radical (unpaired) electrons. The summed E-state index contributed by atoms with van der Waals surface area (Å²) in [5.74, 6) is 2.13. The molecule has 1 aromatic carbocycles. The molecule has 0 spiro atoms. The molecule has 0 amide bonds. The zero-order valence-corrected chi connectivity index (χ0v) is 12.8. The quantitative estimate of drug-likeness (QED) is 0.736. The molecule has 0 heterocycles. The smallest absolute Gasteiger partial charge is 0.157 e. The lowest BCUT2D eigenvalue weighted by Gasteiger charge is -2.38. The standard InChI is InChI=1S/C17H27NO2/c1-11(2)14-6-4-12(3)8-15(14)18-10-13-5-7-16(19)17(20)9-13/h5,7,9,11-12,14-15,18-20H,4,6,8,10H2,1-3H3. The van der Waals surface area contributed by atoms with Crippen LogP contribution in [0.15, 0.2) is 18.2 Å². The molecule has 3 N–H and O–H groups in total. The lowest BCUT2D eigenvalue weighted by atomic mass is 9.74. The molecule has 0 bridgehead atoms. The van der Waals surface area contributed by atoms with Crippen molar-refractivity contribution in [2.45, 2.75) is 52.6 Å². The second-order valence-corrected chi connectivity index (χ2v) is 6.64. The Morgan fingerprint density at radius 3 is 2.60 bits per heavy atom. The molecule has 2 rings (SSSR count). The summed E-state index contributed by atoms with van der Waals surface area (Å²) in [7, 11) is 0. The number of hydrogen-bond acceptors (Lipinski definition) is 3. The summed E-state index contributed by atoms with van der Waals surface area (Å²) in [5.41, 5.74) is 1.01. The van der Waals surface area contributed by atoms with Gasteiger partial charge in [0.15, 0.2) is 11.5 Å². The van der Waals surface area contributed by atoms with E-state index >= 15 is 0 Å². The van der Waals surface area contributed by atoms with Gasteiger partial charge in [-0.15, -0.1) is 0 Å². The summed E-state index contributed by atoms with van der Waals surface area (Å²) < 4.78 is 0. The number of nitrogens with one attached hydrogen (secondary N) is 1. The van der Waals surface area contributed by atoms with Crippen LogP contribution in [0.25, 0.3) is 0 Å². The van der Waals surface area contributed by atoms with E-state index in [0.29, 0.717) is 12.0 Å². The molecule has 0 aromatic heterocycles. The van der Waals surface area contributed by atoms with E-state index in [0.717, 1.165) is 23.9 Å². The first-order valence-corrected chi connectivity index (χ1v) is 7.71. The number of benzene rings is 1. The number of aromatic hydroxyl groups is 2. The highest BCUT2D eigenvalue weighted by Crippen LogP contribution is 2.33. The van der Waals surface area contributed by atoms with Crippen LogP contribution >= 0.6 is 0 Å². The molecule has 1 saturated carbocycles. The van der Waals surface area contributed by atoms with Crippen molar-refractivity contribution in [3.05, 3.63) is 23.8 Å². The summed E-state index contributed by atoms with van der Waals surface area (Å²) in [6, 6.07) is 5.60. The van der Waals surface area contributed by atoms with E-state index in [-0.39, 0.29) is 11.5 Å². The van der Waals surface area contributed by atoms with Crippen molar-refractivity contribution in [3.8, 4) is 11.5 Å².